The van der Waals surface area contributed by atoms with Crippen molar-refractivity contribution in [3.63, 3.8) is 0 Å². The normalized spacial score (nSPS) is 16.8. The van der Waals surface area contributed by atoms with Crippen LogP contribution < -0.4 is 14.7 Å². The summed E-state index contributed by atoms with van der Waals surface area (Å²) in [6, 6.07) is 41.3. The maximum absolute atomic E-state index is 6.74. The van der Waals surface area contributed by atoms with Crippen LogP contribution in [0, 0.1) is 0 Å². The molecule has 40 heavy (non-hydrogen) atoms. The van der Waals surface area contributed by atoms with Crippen molar-refractivity contribution in [2.24, 2.45) is 4.99 Å². The number of aliphatic imine (C=N–C) groups is 1. The zero-order chi connectivity index (χ0) is 27.7. The summed E-state index contributed by atoms with van der Waals surface area (Å²) in [4.78, 5) is 7.03. The Balaban J connectivity index is 1.32. The third-order valence-corrected chi connectivity index (χ3v) is 10.8. The topological polar surface area (TPSA) is 24.8 Å². The molecule has 1 unspecified atom stereocenters. The molecule has 5 heteroatoms. The van der Waals surface area contributed by atoms with E-state index in [1.54, 1.807) is 0 Å². The van der Waals surface area contributed by atoms with E-state index in [1.165, 1.54) is 22.3 Å². The minimum Gasteiger partial charge on any atom is -0.458 e. The van der Waals surface area contributed by atoms with Gasteiger partial charge in [-0.1, -0.05) is 98.8 Å². The molecule has 1 atom stereocenters. The van der Waals surface area contributed by atoms with Gasteiger partial charge in [-0.3, -0.25) is 4.99 Å². The molecule has 0 radical (unpaired) electrons. The number of allylic oxidation sites excluding steroid dienone is 1. The van der Waals surface area contributed by atoms with Gasteiger partial charge in [0.1, 0.15) is 5.75 Å². The monoisotopic (exact) mass is 558 g/mol. The molecule has 0 spiro atoms. The second kappa shape index (κ2) is 10.5. The van der Waals surface area contributed by atoms with E-state index in [-0.39, 0.29) is 5.41 Å². The third-order valence-electron chi connectivity index (χ3n) is 7.59. The van der Waals surface area contributed by atoms with Gasteiger partial charge in [0, 0.05) is 46.6 Å². The van der Waals surface area contributed by atoms with Crippen LogP contribution in [0.3, 0.4) is 0 Å². The predicted octanol–water partition coefficient (Wildman–Crippen LogP) is 8.96. The minimum absolute atomic E-state index is 0.185. The number of hydrogen-bond acceptors (Lipinski definition) is 4. The maximum atomic E-state index is 6.74. The largest absolute Gasteiger partial charge is 0.458 e. The highest BCUT2D eigenvalue weighted by atomic mass is 32.4. The average Bonchev–Trinajstić information content (AvgIpc) is 3.17. The highest BCUT2D eigenvalue weighted by Crippen LogP contribution is 2.55. The minimum atomic E-state index is -2.60. The van der Waals surface area contributed by atoms with Crippen LogP contribution in [0.4, 0.5) is 11.4 Å². The lowest BCUT2D eigenvalue weighted by atomic mass is 9.84. The van der Waals surface area contributed by atoms with Crippen LogP contribution in [0.25, 0.3) is 10.8 Å². The molecule has 6 rings (SSSR count). The summed E-state index contributed by atoms with van der Waals surface area (Å²) in [7, 11) is 2.12. The number of benzene rings is 5. The Morgan fingerprint density at radius 2 is 1.45 bits per heavy atom. The molecule has 0 aromatic heterocycles. The van der Waals surface area contributed by atoms with Gasteiger partial charge in [0.25, 0.3) is 0 Å². The molecule has 5 aromatic carbocycles. The molecule has 0 bridgehead atoms. The van der Waals surface area contributed by atoms with Gasteiger partial charge in [0.2, 0.25) is 0 Å². The summed E-state index contributed by atoms with van der Waals surface area (Å²) in [6.45, 7) is 4.52. The Kier molecular flexibility index (Phi) is 6.92. The Hall–Kier alpha value is -3.98. The van der Waals surface area contributed by atoms with Gasteiger partial charge in [-0.2, -0.15) is 0 Å². The van der Waals surface area contributed by atoms with Gasteiger partial charge in [-0.25, -0.2) is 0 Å². The smallest absolute Gasteiger partial charge is 0.166 e. The average molecular weight is 559 g/mol. The molecule has 3 nitrogen and oxygen atoms in total. The van der Waals surface area contributed by atoms with Crippen LogP contribution in [0.15, 0.2) is 138 Å². The van der Waals surface area contributed by atoms with Crippen molar-refractivity contribution in [1.82, 2.24) is 0 Å². The first kappa shape index (κ1) is 26.3. The number of para-hydroxylation sites is 1. The number of hydrogen-bond donors (Lipinski definition) is 0. The standard InChI is InChI=1S/C35H31N2OPS/c1-35(2)31-17-9-10-19-33(31)37(3)34(35)25-39(40,29-14-5-4-6-15-29)38-28-22-20-26(21-23-28)24-36-32-18-11-13-27-12-7-8-16-30(27)32/h4-25H,1-3H3/b34-25+,36-24?. The Bertz CT molecular complexity index is 1790. The van der Waals surface area contributed by atoms with Gasteiger partial charge in [0.05, 0.1) is 5.69 Å². The summed E-state index contributed by atoms with van der Waals surface area (Å²) < 4.78 is 6.74. The van der Waals surface area contributed by atoms with E-state index in [1.807, 2.05) is 72.9 Å². The van der Waals surface area contributed by atoms with Gasteiger partial charge < -0.3 is 9.42 Å². The zero-order valence-corrected chi connectivity index (χ0v) is 24.6. The fourth-order valence-electron chi connectivity index (χ4n) is 5.42. The van der Waals surface area contributed by atoms with Crippen LogP contribution in [0.5, 0.6) is 5.75 Å². The van der Waals surface area contributed by atoms with Crippen LogP contribution in [-0.2, 0) is 17.2 Å². The van der Waals surface area contributed by atoms with Crippen molar-refractivity contribution >= 4 is 51.7 Å². The van der Waals surface area contributed by atoms with Crippen molar-refractivity contribution in [2.45, 2.75) is 19.3 Å². The number of anilines is 1. The quantitative estimate of drug-likeness (QED) is 0.154. The highest BCUT2D eigenvalue weighted by Gasteiger charge is 2.40. The number of rotatable bonds is 6. The number of likely N-dealkylation sites (N-methyl/N-ethyl adjacent to an activating group) is 1. The Labute approximate surface area is 241 Å². The van der Waals surface area contributed by atoms with Gasteiger partial charge in [-0.15, -0.1) is 0 Å². The molecule has 0 fully saturated rings. The van der Waals surface area contributed by atoms with Gasteiger partial charge >= 0.3 is 0 Å². The third kappa shape index (κ3) is 4.90. The van der Waals surface area contributed by atoms with Crippen molar-refractivity contribution in [3.8, 4) is 5.75 Å². The van der Waals surface area contributed by atoms with E-state index >= 15 is 0 Å². The maximum Gasteiger partial charge on any atom is 0.166 e. The number of fused-ring (bicyclic) bond motifs is 2. The molecule has 1 aliphatic heterocycles. The van der Waals surface area contributed by atoms with E-state index in [4.69, 9.17) is 21.3 Å². The molecule has 0 amide bonds. The second-order valence-corrected chi connectivity index (χ2v) is 14.3. The SMILES string of the molecule is CN1/C(=C/P(=S)(Oc2ccc(C=Nc3cccc4ccccc34)cc2)c2ccccc2)C(C)(C)c2ccccc21. The molecule has 198 valence electrons. The molecule has 1 aliphatic rings. The fraction of sp³-hybridized carbons (Fsp3) is 0.114. The van der Waals surface area contributed by atoms with Crippen molar-refractivity contribution in [1.29, 1.82) is 0 Å². The first-order valence-corrected chi connectivity index (χ1v) is 16.2. The summed E-state index contributed by atoms with van der Waals surface area (Å²) in [5.74, 6) is 2.97. The summed E-state index contributed by atoms with van der Waals surface area (Å²) >= 11 is 6.41. The predicted molar refractivity (Wildman–Crippen MR) is 175 cm³/mol. The second-order valence-electron chi connectivity index (χ2n) is 10.6. The summed E-state index contributed by atoms with van der Waals surface area (Å²) in [6.07, 6.45) is -0.701. The van der Waals surface area contributed by atoms with Crippen molar-refractivity contribution in [2.75, 3.05) is 11.9 Å². The van der Waals surface area contributed by atoms with E-state index in [0.717, 1.165) is 27.7 Å². The highest BCUT2D eigenvalue weighted by molar-refractivity contribution is 8.17. The fourth-order valence-corrected chi connectivity index (χ4v) is 8.49. The lowest BCUT2D eigenvalue weighted by Gasteiger charge is -2.28. The molecule has 0 aliphatic carbocycles. The zero-order valence-electron chi connectivity index (χ0n) is 22.9. The lowest BCUT2D eigenvalue weighted by molar-refractivity contribution is 0.619. The van der Waals surface area contributed by atoms with Gasteiger partial charge in [0.15, 0.2) is 6.26 Å². The molecule has 1 heterocycles. The molecule has 0 saturated heterocycles. The van der Waals surface area contributed by atoms with E-state index in [9.17, 15) is 0 Å². The van der Waals surface area contributed by atoms with E-state index in [0.29, 0.717) is 0 Å². The molecular weight excluding hydrogens is 527 g/mol. The Morgan fingerprint density at radius 1 is 0.775 bits per heavy atom. The van der Waals surface area contributed by atoms with Crippen molar-refractivity contribution in [3.05, 3.63) is 144 Å². The first-order valence-electron chi connectivity index (χ1n) is 13.4. The number of nitrogens with zero attached hydrogens (tertiary/aromatic N) is 2. The molecular formula is C35H31N2OPS. The van der Waals surface area contributed by atoms with Crippen LogP contribution in [0.1, 0.15) is 25.0 Å². The van der Waals surface area contributed by atoms with E-state index in [2.05, 4.69) is 86.2 Å². The van der Waals surface area contributed by atoms with E-state index < -0.39 is 6.26 Å². The molecule has 5 aromatic rings. The lowest BCUT2D eigenvalue weighted by Crippen LogP contribution is -2.24. The van der Waals surface area contributed by atoms with Crippen LogP contribution >= 0.6 is 6.26 Å². The van der Waals surface area contributed by atoms with Crippen molar-refractivity contribution < 1.29 is 4.52 Å². The van der Waals surface area contributed by atoms with Gasteiger partial charge in [-0.05, 0) is 64.7 Å². The van der Waals surface area contributed by atoms with Crippen LogP contribution in [-0.4, -0.2) is 13.3 Å². The Morgan fingerprint density at radius 3 is 2.23 bits per heavy atom. The molecule has 0 N–H and O–H groups in total. The summed E-state index contributed by atoms with van der Waals surface area (Å²) in [5.41, 5.74) is 5.44. The molecule has 0 saturated carbocycles. The first-order chi connectivity index (χ1) is 19.3. The van der Waals surface area contributed by atoms with Crippen LogP contribution in [0.2, 0.25) is 0 Å². The summed E-state index contributed by atoms with van der Waals surface area (Å²) in [5, 5.41) is 3.35.